The third-order valence-electron chi connectivity index (χ3n) is 2.90. The van der Waals surface area contributed by atoms with Crippen molar-refractivity contribution >= 4 is 28.9 Å². The highest BCUT2D eigenvalue weighted by Gasteiger charge is 2.32. The number of thiocarbonyl (C=S) groups is 1. The van der Waals surface area contributed by atoms with Crippen molar-refractivity contribution in [3.63, 3.8) is 0 Å². The standard InChI is InChI=1S/C14H16N2OS/c1-3-7-11-13(17)16(14(18)15-11)12-9-6-5-8-10(12)4-2/h5-9H,3-4H2,1-2H3,(H,15,18)/b11-7+. The van der Waals surface area contributed by atoms with Crippen LogP contribution in [0.3, 0.4) is 0 Å². The number of para-hydroxylation sites is 1. The summed E-state index contributed by atoms with van der Waals surface area (Å²) in [5.41, 5.74) is 2.57. The molecule has 0 radical (unpaired) electrons. The molecule has 1 amide bonds. The molecule has 0 aromatic heterocycles. The van der Waals surface area contributed by atoms with Crippen LogP contribution in [0.2, 0.25) is 0 Å². The van der Waals surface area contributed by atoms with Crippen molar-refractivity contribution in [3.05, 3.63) is 41.6 Å². The molecule has 94 valence electrons. The van der Waals surface area contributed by atoms with E-state index in [0.717, 1.165) is 24.1 Å². The van der Waals surface area contributed by atoms with Crippen LogP contribution in [0.5, 0.6) is 0 Å². The Balaban J connectivity index is 2.42. The molecule has 0 atom stereocenters. The number of carbonyl (C=O) groups excluding carboxylic acids is 1. The van der Waals surface area contributed by atoms with E-state index in [4.69, 9.17) is 12.2 Å². The van der Waals surface area contributed by atoms with Crippen LogP contribution in [0.15, 0.2) is 36.0 Å². The maximum absolute atomic E-state index is 12.3. The lowest BCUT2D eigenvalue weighted by Crippen LogP contribution is -2.31. The van der Waals surface area contributed by atoms with Gasteiger partial charge in [-0.25, -0.2) is 0 Å². The predicted molar refractivity (Wildman–Crippen MR) is 77.4 cm³/mol. The Morgan fingerprint density at radius 1 is 1.33 bits per heavy atom. The number of aryl methyl sites for hydroxylation is 1. The lowest BCUT2D eigenvalue weighted by atomic mass is 10.1. The van der Waals surface area contributed by atoms with E-state index in [-0.39, 0.29) is 5.91 Å². The van der Waals surface area contributed by atoms with Gasteiger partial charge in [0.15, 0.2) is 5.11 Å². The Bertz CT molecular complexity index is 522. The summed E-state index contributed by atoms with van der Waals surface area (Å²) in [4.78, 5) is 13.9. The van der Waals surface area contributed by atoms with Gasteiger partial charge >= 0.3 is 0 Å². The molecular formula is C14H16N2OS. The van der Waals surface area contributed by atoms with Crippen molar-refractivity contribution in [2.75, 3.05) is 4.90 Å². The van der Waals surface area contributed by atoms with Gasteiger partial charge in [0.2, 0.25) is 0 Å². The molecule has 1 saturated heterocycles. The Kier molecular flexibility index (Phi) is 3.77. The van der Waals surface area contributed by atoms with Crippen LogP contribution in [-0.4, -0.2) is 11.0 Å². The second-order valence-electron chi connectivity index (χ2n) is 4.08. The minimum atomic E-state index is -0.0669. The third kappa shape index (κ3) is 2.16. The molecule has 0 bridgehead atoms. The number of benzene rings is 1. The Morgan fingerprint density at radius 3 is 2.72 bits per heavy atom. The first-order chi connectivity index (χ1) is 8.69. The Morgan fingerprint density at radius 2 is 2.06 bits per heavy atom. The van der Waals surface area contributed by atoms with Crippen LogP contribution in [0.1, 0.15) is 25.8 Å². The molecule has 2 rings (SSSR count). The average Bonchev–Trinajstić information content (AvgIpc) is 2.65. The van der Waals surface area contributed by atoms with E-state index in [1.807, 2.05) is 37.3 Å². The van der Waals surface area contributed by atoms with Crippen LogP contribution in [0, 0.1) is 0 Å². The fourth-order valence-electron chi connectivity index (χ4n) is 2.03. The predicted octanol–water partition coefficient (Wildman–Crippen LogP) is 2.76. The molecule has 1 aliphatic rings. The third-order valence-corrected chi connectivity index (χ3v) is 3.18. The van der Waals surface area contributed by atoms with Crippen LogP contribution >= 0.6 is 12.2 Å². The van der Waals surface area contributed by atoms with Gasteiger partial charge in [-0.3, -0.25) is 9.69 Å². The topological polar surface area (TPSA) is 32.3 Å². The van der Waals surface area contributed by atoms with Crippen molar-refractivity contribution in [2.45, 2.75) is 26.7 Å². The molecule has 1 N–H and O–H groups in total. The molecule has 1 fully saturated rings. The van der Waals surface area contributed by atoms with Gasteiger partial charge in [-0.1, -0.05) is 38.1 Å². The zero-order valence-electron chi connectivity index (χ0n) is 10.6. The monoisotopic (exact) mass is 260 g/mol. The van der Waals surface area contributed by atoms with E-state index >= 15 is 0 Å². The molecule has 1 aromatic rings. The minimum absolute atomic E-state index is 0.0669. The first-order valence-electron chi connectivity index (χ1n) is 6.12. The summed E-state index contributed by atoms with van der Waals surface area (Å²) in [6.07, 6.45) is 3.54. The molecule has 0 saturated carbocycles. The van der Waals surface area contributed by atoms with Gasteiger partial charge in [0.1, 0.15) is 5.70 Å². The highest BCUT2D eigenvalue weighted by atomic mass is 32.1. The van der Waals surface area contributed by atoms with Crippen molar-refractivity contribution in [1.82, 2.24) is 5.32 Å². The second-order valence-corrected chi connectivity index (χ2v) is 4.47. The lowest BCUT2D eigenvalue weighted by Gasteiger charge is -2.17. The summed E-state index contributed by atoms with van der Waals surface area (Å²) < 4.78 is 0. The van der Waals surface area contributed by atoms with Gasteiger partial charge in [-0.15, -0.1) is 0 Å². The number of allylic oxidation sites excluding steroid dienone is 1. The fourth-order valence-corrected chi connectivity index (χ4v) is 2.32. The number of nitrogens with zero attached hydrogens (tertiary/aromatic N) is 1. The number of anilines is 1. The number of hydrogen-bond acceptors (Lipinski definition) is 2. The highest BCUT2D eigenvalue weighted by Crippen LogP contribution is 2.25. The summed E-state index contributed by atoms with van der Waals surface area (Å²) in [6.45, 7) is 4.06. The largest absolute Gasteiger partial charge is 0.328 e. The van der Waals surface area contributed by atoms with Crippen molar-refractivity contribution < 1.29 is 4.79 Å². The van der Waals surface area contributed by atoms with E-state index in [9.17, 15) is 4.79 Å². The van der Waals surface area contributed by atoms with Crippen LogP contribution in [-0.2, 0) is 11.2 Å². The van der Waals surface area contributed by atoms with E-state index in [0.29, 0.717) is 10.8 Å². The Labute approximate surface area is 112 Å². The quantitative estimate of drug-likeness (QED) is 0.670. The van der Waals surface area contributed by atoms with Gasteiger partial charge in [0.05, 0.1) is 5.69 Å². The van der Waals surface area contributed by atoms with E-state index in [1.54, 1.807) is 4.90 Å². The zero-order chi connectivity index (χ0) is 13.1. The zero-order valence-corrected chi connectivity index (χ0v) is 11.4. The summed E-state index contributed by atoms with van der Waals surface area (Å²) in [6, 6.07) is 7.85. The van der Waals surface area contributed by atoms with Crippen LogP contribution in [0.4, 0.5) is 5.69 Å². The van der Waals surface area contributed by atoms with Crippen molar-refractivity contribution in [2.24, 2.45) is 0 Å². The molecule has 0 spiro atoms. The van der Waals surface area contributed by atoms with Crippen molar-refractivity contribution in [1.29, 1.82) is 0 Å². The number of carbonyl (C=O) groups is 1. The Hall–Kier alpha value is -1.68. The number of hydrogen-bond donors (Lipinski definition) is 1. The normalized spacial score (nSPS) is 17.4. The van der Waals surface area contributed by atoms with E-state index in [1.165, 1.54) is 0 Å². The first-order valence-corrected chi connectivity index (χ1v) is 6.53. The van der Waals surface area contributed by atoms with E-state index in [2.05, 4.69) is 12.2 Å². The molecule has 0 aliphatic carbocycles. The number of nitrogens with one attached hydrogen (secondary N) is 1. The van der Waals surface area contributed by atoms with Gasteiger partial charge in [0.25, 0.3) is 5.91 Å². The van der Waals surface area contributed by atoms with Gasteiger partial charge in [-0.05, 0) is 36.7 Å². The summed E-state index contributed by atoms with van der Waals surface area (Å²) in [5.74, 6) is -0.0669. The number of amides is 1. The summed E-state index contributed by atoms with van der Waals surface area (Å²) in [5, 5.41) is 3.43. The first kappa shape index (κ1) is 12.8. The maximum atomic E-state index is 12.3. The fraction of sp³-hybridized carbons (Fsp3) is 0.286. The smallest absolute Gasteiger partial charge is 0.280 e. The lowest BCUT2D eigenvalue weighted by molar-refractivity contribution is -0.113. The minimum Gasteiger partial charge on any atom is -0.328 e. The molecule has 18 heavy (non-hydrogen) atoms. The summed E-state index contributed by atoms with van der Waals surface area (Å²) >= 11 is 5.25. The van der Waals surface area contributed by atoms with E-state index < -0.39 is 0 Å². The molecule has 4 heteroatoms. The van der Waals surface area contributed by atoms with Gasteiger partial charge < -0.3 is 5.32 Å². The average molecular weight is 260 g/mol. The summed E-state index contributed by atoms with van der Waals surface area (Å²) in [7, 11) is 0. The molecule has 3 nitrogen and oxygen atoms in total. The SMILES string of the molecule is CC/C=C1/NC(=S)N(c2ccccc2CC)C1=O. The van der Waals surface area contributed by atoms with Gasteiger partial charge in [-0.2, -0.15) is 0 Å². The maximum Gasteiger partial charge on any atom is 0.280 e. The molecule has 0 unspecified atom stereocenters. The van der Waals surface area contributed by atoms with Gasteiger partial charge in [0, 0.05) is 0 Å². The second kappa shape index (κ2) is 5.31. The molecule has 1 aliphatic heterocycles. The van der Waals surface area contributed by atoms with Crippen LogP contribution in [0.25, 0.3) is 0 Å². The molecule has 1 aromatic carbocycles. The molecule has 1 heterocycles. The number of rotatable bonds is 3. The van der Waals surface area contributed by atoms with Crippen molar-refractivity contribution in [3.8, 4) is 0 Å². The molecular weight excluding hydrogens is 244 g/mol. The highest BCUT2D eigenvalue weighted by molar-refractivity contribution is 7.80. The van der Waals surface area contributed by atoms with Crippen LogP contribution < -0.4 is 10.2 Å².